The summed E-state index contributed by atoms with van der Waals surface area (Å²) in [5.74, 6) is 0.905. The molecule has 0 aromatic heterocycles. The molecule has 0 saturated heterocycles. The van der Waals surface area contributed by atoms with E-state index >= 15 is 0 Å². The summed E-state index contributed by atoms with van der Waals surface area (Å²) in [5.41, 5.74) is 2.63. The summed E-state index contributed by atoms with van der Waals surface area (Å²) in [6.45, 7) is 12.0. The van der Waals surface area contributed by atoms with Crippen LogP contribution in [-0.2, 0) is 5.41 Å². The number of hydrogen-bond acceptors (Lipinski definition) is 2. The number of ether oxygens (including phenoxy) is 1. The Kier molecular flexibility index (Phi) is 5.42. The fourth-order valence-electron chi connectivity index (χ4n) is 1.69. The van der Waals surface area contributed by atoms with Crippen molar-refractivity contribution in [2.75, 3.05) is 20.2 Å². The van der Waals surface area contributed by atoms with Crippen LogP contribution < -0.4 is 10.1 Å². The maximum atomic E-state index is 5.68. The SMILES string of the molecule is C=C(CNC)COc1ccc(C(C)(C)CC)cc1. The molecule has 0 saturated carbocycles. The molecule has 1 aromatic carbocycles. The van der Waals surface area contributed by atoms with Crippen LogP contribution >= 0.6 is 0 Å². The fourth-order valence-corrected chi connectivity index (χ4v) is 1.69. The normalized spacial score (nSPS) is 11.3. The van der Waals surface area contributed by atoms with E-state index in [0.29, 0.717) is 6.61 Å². The van der Waals surface area contributed by atoms with Gasteiger partial charge in [0, 0.05) is 6.54 Å². The zero-order valence-electron chi connectivity index (χ0n) is 12.0. The molecule has 1 N–H and O–H groups in total. The topological polar surface area (TPSA) is 21.3 Å². The highest BCUT2D eigenvalue weighted by Gasteiger charge is 2.17. The first-order valence-electron chi connectivity index (χ1n) is 6.54. The first-order chi connectivity index (χ1) is 8.49. The maximum Gasteiger partial charge on any atom is 0.119 e. The fraction of sp³-hybridized carbons (Fsp3) is 0.500. The van der Waals surface area contributed by atoms with Gasteiger partial charge in [-0.15, -0.1) is 0 Å². The number of rotatable bonds is 7. The van der Waals surface area contributed by atoms with Gasteiger partial charge in [0.15, 0.2) is 0 Å². The van der Waals surface area contributed by atoms with Crippen molar-refractivity contribution in [2.24, 2.45) is 0 Å². The van der Waals surface area contributed by atoms with E-state index in [1.54, 1.807) is 0 Å². The lowest BCUT2D eigenvalue weighted by Gasteiger charge is -2.23. The summed E-state index contributed by atoms with van der Waals surface area (Å²) < 4.78 is 5.68. The van der Waals surface area contributed by atoms with Gasteiger partial charge in [0.2, 0.25) is 0 Å². The number of benzene rings is 1. The van der Waals surface area contributed by atoms with Crippen LogP contribution in [0, 0.1) is 0 Å². The van der Waals surface area contributed by atoms with E-state index in [9.17, 15) is 0 Å². The quantitative estimate of drug-likeness (QED) is 0.744. The van der Waals surface area contributed by atoms with E-state index in [1.165, 1.54) is 5.56 Å². The monoisotopic (exact) mass is 247 g/mol. The highest BCUT2D eigenvalue weighted by molar-refractivity contribution is 5.31. The van der Waals surface area contributed by atoms with E-state index in [0.717, 1.165) is 24.3 Å². The van der Waals surface area contributed by atoms with Crippen LogP contribution in [0.2, 0.25) is 0 Å². The zero-order valence-corrected chi connectivity index (χ0v) is 12.0. The minimum Gasteiger partial charge on any atom is -0.489 e. The van der Waals surface area contributed by atoms with Gasteiger partial charge in [-0.2, -0.15) is 0 Å². The van der Waals surface area contributed by atoms with Crippen molar-refractivity contribution in [3.8, 4) is 5.75 Å². The molecule has 0 aliphatic heterocycles. The molecular weight excluding hydrogens is 222 g/mol. The molecule has 2 heteroatoms. The average Bonchev–Trinajstić information content (AvgIpc) is 2.37. The minimum atomic E-state index is 0.230. The number of nitrogens with one attached hydrogen (secondary N) is 1. The van der Waals surface area contributed by atoms with Crippen molar-refractivity contribution in [2.45, 2.75) is 32.6 Å². The Morgan fingerprint density at radius 3 is 2.39 bits per heavy atom. The smallest absolute Gasteiger partial charge is 0.119 e. The van der Waals surface area contributed by atoms with Gasteiger partial charge in [0.05, 0.1) is 0 Å². The second-order valence-electron chi connectivity index (χ2n) is 5.33. The van der Waals surface area contributed by atoms with Crippen molar-refractivity contribution in [3.05, 3.63) is 42.0 Å². The predicted molar refractivity (Wildman–Crippen MR) is 78.3 cm³/mol. The van der Waals surface area contributed by atoms with E-state index in [-0.39, 0.29) is 5.41 Å². The third-order valence-corrected chi connectivity index (χ3v) is 3.39. The van der Waals surface area contributed by atoms with Gasteiger partial charge < -0.3 is 10.1 Å². The highest BCUT2D eigenvalue weighted by Crippen LogP contribution is 2.28. The third-order valence-electron chi connectivity index (χ3n) is 3.39. The third kappa shape index (κ3) is 4.19. The molecule has 0 fully saturated rings. The zero-order chi connectivity index (χ0) is 13.6. The molecule has 0 amide bonds. The molecule has 2 nitrogen and oxygen atoms in total. The van der Waals surface area contributed by atoms with Gasteiger partial charge in [0.25, 0.3) is 0 Å². The van der Waals surface area contributed by atoms with Crippen LogP contribution in [0.25, 0.3) is 0 Å². The summed E-state index contributed by atoms with van der Waals surface area (Å²) in [6, 6.07) is 8.39. The van der Waals surface area contributed by atoms with Gasteiger partial charge in [-0.3, -0.25) is 0 Å². The highest BCUT2D eigenvalue weighted by atomic mass is 16.5. The lowest BCUT2D eigenvalue weighted by atomic mass is 9.82. The summed E-state index contributed by atoms with van der Waals surface area (Å²) in [5, 5.41) is 3.06. The summed E-state index contributed by atoms with van der Waals surface area (Å²) in [6.07, 6.45) is 1.13. The molecule has 0 radical (unpaired) electrons. The Hall–Kier alpha value is -1.28. The van der Waals surface area contributed by atoms with Gasteiger partial charge in [0.1, 0.15) is 12.4 Å². The van der Waals surface area contributed by atoms with Gasteiger partial charge in [-0.1, -0.05) is 39.5 Å². The lowest BCUT2D eigenvalue weighted by molar-refractivity contribution is 0.348. The minimum absolute atomic E-state index is 0.230. The van der Waals surface area contributed by atoms with Crippen molar-refractivity contribution in [1.29, 1.82) is 0 Å². The second-order valence-corrected chi connectivity index (χ2v) is 5.33. The van der Waals surface area contributed by atoms with E-state index in [1.807, 2.05) is 19.2 Å². The average molecular weight is 247 g/mol. The number of hydrogen-bond donors (Lipinski definition) is 1. The van der Waals surface area contributed by atoms with Crippen LogP contribution in [0.1, 0.15) is 32.8 Å². The van der Waals surface area contributed by atoms with Crippen molar-refractivity contribution < 1.29 is 4.74 Å². The van der Waals surface area contributed by atoms with E-state index < -0.39 is 0 Å². The second kappa shape index (κ2) is 6.60. The van der Waals surface area contributed by atoms with E-state index in [2.05, 4.69) is 44.8 Å². The first-order valence-corrected chi connectivity index (χ1v) is 6.54. The summed E-state index contributed by atoms with van der Waals surface area (Å²) in [4.78, 5) is 0. The predicted octanol–water partition coefficient (Wildman–Crippen LogP) is 3.53. The van der Waals surface area contributed by atoms with Crippen molar-refractivity contribution in [1.82, 2.24) is 5.32 Å². The molecule has 100 valence electrons. The molecule has 0 bridgehead atoms. The van der Waals surface area contributed by atoms with Gasteiger partial charge in [-0.25, -0.2) is 0 Å². The molecule has 1 rings (SSSR count). The molecule has 18 heavy (non-hydrogen) atoms. The van der Waals surface area contributed by atoms with Crippen LogP contribution in [0.5, 0.6) is 5.75 Å². The molecule has 0 spiro atoms. The largest absolute Gasteiger partial charge is 0.489 e. The standard InChI is InChI=1S/C16H25NO/c1-6-16(3,4)14-7-9-15(10-8-14)18-12-13(2)11-17-5/h7-10,17H,2,6,11-12H2,1,3-5H3. The molecule has 0 atom stereocenters. The Labute approximate surface area is 111 Å². The Balaban J connectivity index is 2.58. The molecule has 0 unspecified atom stereocenters. The first kappa shape index (κ1) is 14.8. The molecule has 0 aliphatic carbocycles. The molecule has 0 heterocycles. The Bertz CT molecular complexity index is 379. The molecule has 1 aromatic rings. The molecule has 0 aliphatic rings. The van der Waals surface area contributed by atoms with Crippen LogP contribution in [0.15, 0.2) is 36.4 Å². The van der Waals surface area contributed by atoms with Gasteiger partial charge >= 0.3 is 0 Å². The Morgan fingerprint density at radius 2 is 1.89 bits per heavy atom. The lowest BCUT2D eigenvalue weighted by Crippen LogP contribution is -2.16. The Morgan fingerprint density at radius 1 is 1.28 bits per heavy atom. The van der Waals surface area contributed by atoms with Gasteiger partial charge in [-0.05, 0) is 42.2 Å². The van der Waals surface area contributed by atoms with E-state index in [4.69, 9.17) is 4.74 Å². The van der Waals surface area contributed by atoms with Crippen LogP contribution in [0.4, 0.5) is 0 Å². The summed E-state index contributed by atoms with van der Waals surface area (Å²) in [7, 11) is 1.91. The van der Waals surface area contributed by atoms with Crippen LogP contribution in [-0.4, -0.2) is 20.2 Å². The maximum absolute atomic E-state index is 5.68. The number of likely N-dealkylation sites (N-methyl/N-ethyl adjacent to an activating group) is 1. The summed E-state index contributed by atoms with van der Waals surface area (Å²) >= 11 is 0. The molecular formula is C16H25NO. The van der Waals surface area contributed by atoms with Crippen LogP contribution in [0.3, 0.4) is 0 Å². The van der Waals surface area contributed by atoms with Crippen molar-refractivity contribution in [3.63, 3.8) is 0 Å². The van der Waals surface area contributed by atoms with Crippen molar-refractivity contribution >= 4 is 0 Å².